The fourth-order valence-electron chi connectivity index (χ4n) is 9.82. The molecule has 0 radical (unpaired) electrons. The van der Waals surface area contributed by atoms with Crippen LogP contribution in [0.1, 0.15) is 105 Å². The molecule has 7 aromatic rings. The lowest BCUT2D eigenvalue weighted by molar-refractivity contribution is -0.0359. The van der Waals surface area contributed by atoms with Crippen LogP contribution in [-0.2, 0) is 30.7 Å². The number of anilines is 1. The summed E-state index contributed by atoms with van der Waals surface area (Å²) in [4.78, 5) is 88.8. The van der Waals surface area contributed by atoms with E-state index in [1.807, 2.05) is 0 Å². The zero-order valence-electron chi connectivity index (χ0n) is 42.1. The van der Waals surface area contributed by atoms with E-state index in [-0.39, 0.29) is 79.3 Å². The predicted molar refractivity (Wildman–Crippen MR) is 291 cm³/mol. The molecule has 3 amide bonds. The minimum absolute atomic E-state index is 0. The molecular weight excluding hydrogens is 1090 g/mol. The van der Waals surface area contributed by atoms with E-state index in [2.05, 4.69) is 25.5 Å². The van der Waals surface area contributed by atoms with E-state index in [9.17, 15) is 56.5 Å². The highest BCUT2D eigenvalue weighted by molar-refractivity contribution is 6.36. The Labute approximate surface area is 464 Å². The van der Waals surface area contributed by atoms with Crippen LogP contribution >= 0.6 is 11.6 Å². The van der Waals surface area contributed by atoms with Gasteiger partial charge in [0.2, 0.25) is 0 Å². The second-order valence-electron chi connectivity index (χ2n) is 19.2. The number of nitrogens with zero attached hydrogens (tertiary/aromatic N) is 6. The molecule has 0 spiro atoms. The predicted octanol–water partition coefficient (Wildman–Crippen LogP) is 8.97. The third-order valence-corrected chi connectivity index (χ3v) is 14.0. The number of pyridine rings is 4. The van der Waals surface area contributed by atoms with Crippen LogP contribution in [0.25, 0.3) is 22.1 Å². The summed E-state index contributed by atoms with van der Waals surface area (Å²) in [6.45, 7) is -0.173. The number of nitrogens with one attached hydrogen (secondary N) is 2. The Morgan fingerprint density at radius 2 is 1.32 bits per heavy atom. The number of aromatic nitrogens is 4. The third kappa shape index (κ3) is 12.5. The van der Waals surface area contributed by atoms with Gasteiger partial charge in [0, 0.05) is 37.3 Å². The van der Waals surface area contributed by atoms with Gasteiger partial charge in [0.15, 0.2) is 17.1 Å². The van der Waals surface area contributed by atoms with Crippen molar-refractivity contribution in [1.29, 1.82) is 0 Å². The van der Waals surface area contributed by atoms with Crippen molar-refractivity contribution < 1.29 is 60.5 Å². The molecule has 4 aromatic heterocycles. The first kappa shape index (κ1) is 60.3. The summed E-state index contributed by atoms with van der Waals surface area (Å²) < 4.78 is 93.6. The number of carbonyl (C=O) groups is 4. The molecule has 10 rings (SSSR count). The summed E-state index contributed by atoms with van der Waals surface area (Å²) in [7, 11) is 0. The van der Waals surface area contributed by atoms with Gasteiger partial charge in [0.25, 0.3) is 40.7 Å². The quantitative estimate of drug-likeness (QED) is 0.0327. The molecule has 1 saturated heterocycles. The van der Waals surface area contributed by atoms with Crippen molar-refractivity contribution in [2.75, 3.05) is 51.2 Å². The SMILES string of the molecule is C.C.CCOC(=O)c1c(O)c2ncc(Cc3ccc(F)cc3)c(Cl)c2n(CC(F)(F)CN2C(=O)c3ccccc3C2=O)c1=O.O=C(NCCCN1CCCC1)c1c(O)c2ncc(Cc3ccc(F)cc3)c3c2n(c1=O)CC(F)(F)CN3. The van der Waals surface area contributed by atoms with Gasteiger partial charge in [-0.05, 0) is 98.9 Å². The molecule has 3 aliphatic rings. The fraction of sp³-hybridized carbons (Fsp3) is 0.333. The number of esters is 1. The summed E-state index contributed by atoms with van der Waals surface area (Å²) in [5.74, 6) is -13.6. The average Bonchev–Trinajstić information content (AvgIpc) is 3.45. The van der Waals surface area contributed by atoms with Crippen molar-refractivity contribution in [2.24, 2.45) is 0 Å². The molecule has 7 heterocycles. The fourth-order valence-corrected chi connectivity index (χ4v) is 10.1. The minimum Gasteiger partial charge on any atom is -0.505 e. The Morgan fingerprint density at radius 1 is 0.778 bits per heavy atom. The molecule has 17 nitrogen and oxygen atoms in total. The molecule has 24 heteroatoms. The van der Waals surface area contributed by atoms with Crippen LogP contribution in [0.15, 0.2) is 94.8 Å². The lowest BCUT2D eigenvalue weighted by Crippen LogP contribution is -2.44. The Bertz CT molecular complexity index is 3650. The monoisotopic (exact) mass is 1150 g/mol. The number of alkyl halides is 4. The molecule has 0 atom stereocenters. The highest BCUT2D eigenvalue weighted by Gasteiger charge is 2.44. The van der Waals surface area contributed by atoms with Crippen LogP contribution in [-0.4, -0.2) is 121 Å². The van der Waals surface area contributed by atoms with Gasteiger partial charge in [0.1, 0.15) is 28.2 Å². The van der Waals surface area contributed by atoms with Gasteiger partial charge >= 0.3 is 5.97 Å². The zero-order chi connectivity index (χ0) is 56.5. The molecule has 0 aliphatic carbocycles. The van der Waals surface area contributed by atoms with Crippen molar-refractivity contribution in [3.05, 3.63) is 167 Å². The molecule has 0 bridgehead atoms. The minimum atomic E-state index is -3.91. The highest BCUT2D eigenvalue weighted by Crippen LogP contribution is 2.38. The maximum absolute atomic E-state index is 15.7. The summed E-state index contributed by atoms with van der Waals surface area (Å²) in [5, 5.41) is 26.9. The van der Waals surface area contributed by atoms with Crippen molar-refractivity contribution in [3.63, 3.8) is 0 Å². The smallest absolute Gasteiger partial charge is 0.347 e. The van der Waals surface area contributed by atoms with Gasteiger partial charge in [0.05, 0.1) is 65.7 Å². The Hall–Kier alpha value is -8.31. The third-order valence-electron chi connectivity index (χ3n) is 13.6. The first-order chi connectivity index (χ1) is 37.7. The Morgan fingerprint density at radius 3 is 1.90 bits per heavy atom. The van der Waals surface area contributed by atoms with Crippen molar-refractivity contribution >= 4 is 63.0 Å². The van der Waals surface area contributed by atoms with Gasteiger partial charge in [-0.25, -0.2) is 31.1 Å². The zero-order valence-corrected chi connectivity index (χ0v) is 42.8. The summed E-state index contributed by atoms with van der Waals surface area (Å²) in [6, 6.07) is 16.8. The highest BCUT2D eigenvalue weighted by atomic mass is 35.5. The summed E-state index contributed by atoms with van der Waals surface area (Å²) >= 11 is 6.61. The van der Waals surface area contributed by atoms with Gasteiger partial charge in [-0.15, -0.1) is 0 Å². The first-order valence-electron chi connectivity index (χ1n) is 25.0. The molecule has 3 aromatic carbocycles. The lowest BCUT2D eigenvalue weighted by atomic mass is 10.0. The van der Waals surface area contributed by atoms with Gasteiger partial charge in [-0.1, -0.05) is 62.9 Å². The number of hydrogen-bond donors (Lipinski definition) is 4. The van der Waals surface area contributed by atoms with Crippen molar-refractivity contribution in [2.45, 2.75) is 78.8 Å². The van der Waals surface area contributed by atoms with Gasteiger partial charge in [-0.2, -0.15) is 0 Å². The van der Waals surface area contributed by atoms with Crippen LogP contribution in [0.4, 0.5) is 32.0 Å². The number of carbonyl (C=O) groups excluding carboxylic acids is 4. The number of halogens is 7. The van der Waals surface area contributed by atoms with Crippen LogP contribution in [0, 0.1) is 11.6 Å². The van der Waals surface area contributed by atoms with Crippen LogP contribution in [0.5, 0.6) is 11.5 Å². The molecule has 81 heavy (non-hydrogen) atoms. The van der Waals surface area contributed by atoms with Crippen LogP contribution in [0.3, 0.4) is 0 Å². The number of rotatable bonds is 15. The maximum atomic E-state index is 15.7. The Balaban J connectivity index is 0.000000230. The molecule has 3 aliphatic heterocycles. The number of fused-ring (bicyclic) bond motifs is 2. The molecule has 1 fully saturated rings. The standard InChI is InChI=1S/C29H21ClF3N3O6.C26H28F3N5O3.2CH4/c1-2-42-28(41)20-24(37)22-23(21(30)16(12-34-22)11-15-7-9-17(31)10-8-15)35(27(20)40)13-29(32,33)14-36-25(38)18-5-3-4-6-19(18)26(36)39;27-18-6-4-16(5-7-18)12-17-13-31-21-22-20(17)32-14-26(28,29)15-34(22)25(37)19(23(21)35)24(36)30-8-3-11-33-9-1-2-10-33;;/h3-10,12,37H,2,11,13-14H2,1H3;4-7,13,32,35H,1-3,8-12,14-15H2,(H,30,36);2*1H4. The number of ether oxygens (including phenoxy) is 1. The second kappa shape index (κ2) is 24.6. The summed E-state index contributed by atoms with van der Waals surface area (Å²) in [5.41, 5.74) is -2.67. The second-order valence-corrected chi connectivity index (χ2v) is 19.6. The van der Waals surface area contributed by atoms with Gasteiger partial charge in [-0.3, -0.25) is 48.0 Å². The van der Waals surface area contributed by atoms with E-state index in [0.29, 0.717) is 32.6 Å². The number of benzene rings is 3. The number of hydrogen-bond acceptors (Lipinski definition) is 13. The number of aromatic hydroxyl groups is 2. The number of imide groups is 1. The lowest BCUT2D eigenvalue weighted by Gasteiger charge is -2.24. The van der Waals surface area contributed by atoms with Crippen LogP contribution < -0.4 is 21.8 Å². The molecule has 0 saturated carbocycles. The Kier molecular flexibility index (Phi) is 18.3. The molecular formula is C57H57ClF6N8O9. The normalized spacial score (nSPS) is 14.5. The van der Waals surface area contributed by atoms with E-state index >= 15 is 8.78 Å². The van der Waals surface area contributed by atoms with E-state index in [1.54, 1.807) is 12.1 Å². The molecule has 4 N–H and O–H groups in total. The van der Waals surface area contributed by atoms with Gasteiger partial charge < -0.3 is 30.5 Å². The van der Waals surface area contributed by atoms with E-state index in [1.165, 1.54) is 80.0 Å². The van der Waals surface area contributed by atoms with Crippen LogP contribution in [0.2, 0.25) is 5.02 Å². The van der Waals surface area contributed by atoms with Crippen molar-refractivity contribution in [3.8, 4) is 11.5 Å². The first-order valence-corrected chi connectivity index (χ1v) is 25.4. The topological polar surface area (TPSA) is 218 Å². The largest absolute Gasteiger partial charge is 0.505 e. The number of amides is 3. The van der Waals surface area contributed by atoms with E-state index in [4.69, 9.17) is 16.3 Å². The molecule has 428 valence electrons. The van der Waals surface area contributed by atoms with E-state index < -0.39 is 118 Å². The maximum Gasteiger partial charge on any atom is 0.347 e. The number of likely N-dealkylation sites (tertiary alicyclic amines) is 1. The molecule has 0 unspecified atom stereocenters. The average molecular weight is 1150 g/mol. The summed E-state index contributed by atoms with van der Waals surface area (Å²) in [6.07, 6.45) is 5.88. The van der Waals surface area contributed by atoms with Crippen molar-refractivity contribution in [1.82, 2.24) is 34.2 Å². The van der Waals surface area contributed by atoms with E-state index in [0.717, 1.165) is 37.0 Å².